The number of ether oxygens (including phenoxy) is 2. The Balaban J connectivity index is 2.28. The van der Waals surface area contributed by atoms with Crippen LogP contribution in [-0.2, 0) is 14.3 Å². The van der Waals surface area contributed by atoms with Crippen molar-refractivity contribution in [2.75, 3.05) is 13.2 Å². The van der Waals surface area contributed by atoms with E-state index in [4.69, 9.17) is 9.47 Å². The molecule has 7 unspecified atom stereocenters. The van der Waals surface area contributed by atoms with E-state index in [2.05, 4.69) is 116 Å². The standard InChI is InChI=1S/C51H83NO8/c1-3-5-7-9-11-13-15-16-17-18-19-20-21-22-23-24-25-26-27-28-29-30-31-33-35-37-39-41-47(55)52-44(43-59-51-50(58)49(57)48(56)46(42-53)60-51)45(54)40-38-36-34-32-14-12-10-8-6-4-2/h5-8,11,13-14,16-17,19-20,22-23,25-26,32,38,40,44-46,48-51,53-54,56-58H,3-4,9-10,12,15,18,21,24,27-31,33-37,39,41-43H2,1-2H3,(H,52,55)/b7-5-,8-6+,13-11-,17-16-,20-19-,23-22-,26-25-,32-14+,40-38+. The number of carbonyl (C=O) groups is 1. The highest BCUT2D eigenvalue weighted by Gasteiger charge is 2.44. The van der Waals surface area contributed by atoms with E-state index >= 15 is 0 Å². The van der Waals surface area contributed by atoms with Crippen molar-refractivity contribution in [2.24, 2.45) is 0 Å². The van der Waals surface area contributed by atoms with Gasteiger partial charge in [0.15, 0.2) is 6.29 Å². The molecular weight excluding hydrogens is 755 g/mol. The minimum Gasteiger partial charge on any atom is -0.394 e. The zero-order valence-corrected chi connectivity index (χ0v) is 37.2. The molecule has 0 aliphatic carbocycles. The molecule has 1 fully saturated rings. The van der Waals surface area contributed by atoms with E-state index in [0.717, 1.165) is 103 Å². The van der Waals surface area contributed by atoms with Crippen molar-refractivity contribution < 1.29 is 39.8 Å². The highest BCUT2D eigenvalue weighted by atomic mass is 16.7. The first-order valence-corrected chi connectivity index (χ1v) is 23.1. The van der Waals surface area contributed by atoms with Gasteiger partial charge in [0.25, 0.3) is 0 Å². The van der Waals surface area contributed by atoms with Crippen molar-refractivity contribution in [1.29, 1.82) is 0 Å². The minimum atomic E-state index is -1.58. The Hall–Kier alpha value is -3.15. The number of aliphatic hydroxyl groups excluding tert-OH is 5. The molecule has 0 aromatic heterocycles. The Kier molecular flexibility index (Phi) is 36.5. The number of hydrogen-bond acceptors (Lipinski definition) is 8. The fourth-order valence-electron chi connectivity index (χ4n) is 6.43. The zero-order valence-electron chi connectivity index (χ0n) is 37.2. The van der Waals surface area contributed by atoms with Crippen LogP contribution in [0, 0.1) is 0 Å². The number of amides is 1. The molecule has 0 radical (unpaired) electrons. The summed E-state index contributed by atoms with van der Waals surface area (Å²) in [6.07, 6.45) is 51.5. The third kappa shape index (κ3) is 30.0. The Bertz CT molecular complexity index is 1300. The Morgan fingerprint density at radius 1 is 0.567 bits per heavy atom. The minimum absolute atomic E-state index is 0.209. The highest BCUT2D eigenvalue weighted by Crippen LogP contribution is 2.22. The summed E-state index contributed by atoms with van der Waals surface area (Å²) in [6, 6.07) is -0.838. The molecule has 0 aromatic rings. The summed E-state index contributed by atoms with van der Waals surface area (Å²) in [5, 5.41) is 54.0. The summed E-state index contributed by atoms with van der Waals surface area (Å²) in [5.74, 6) is -0.209. The summed E-state index contributed by atoms with van der Waals surface area (Å²) < 4.78 is 11.2. The zero-order chi connectivity index (χ0) is 43.7. The van der Waals surface area contributed by atoms with Crippen LogP contribution in [0.2, 0.25) is 0 Å². The van der Waals surface area contributed by atoms with Crippen LogP contribution in [-0.4, -0.2) is 87.5 Å². The maximum atomic E-state index is 12.9. The topological polar surface area (TPSA) is 149 Å². The SMILES string of the molecule is CC/C=C\C/C=C\C/C=C\C/C=C\C/C=C\C/C=C\CCCCCCCCCCC(=O)NC(COC1OC(CO)C(O)C(O)C1O)C(O)/C=C/CC/C=C/CC/C=C/CC. The Morgan fingerprint density at radius 2 is 1.00 bits per heavy atom. The number of allylic oxidation sites excluding steroid dienone is 17. The Labute approximate surface area is 364 Å². The molecule has 7 atom stereocenters. The van der Waals surface area contributed by atoms with Gasteiger partial charge < -0.3 is 40.3 Å². The summed E-state index contributed by atoms with van der Waals surface area (Å²) in [5.41, 5.74) is 0. The van der Waals surface area contributed by atoms with Gasteiger partial charge in [0.1, 0.15) is 24.4 Å². The fraction of sp³-hybridized carbons (Fsp3) is 0.627. The smallest absolute Gasteiger partial charge is 0.220 e. The van der Waals surface area contributed by atoms with Crippen molar-refractivity contribution in [2.45, 2.75) is 192 Å². The van der Waals surface area contributed by atoms with E-state index in [-0.39, 0.29) is 12.5 Å². The van der Waals surface area contributed by atoms with Crippen LogP contribution in [0.5, 0.6) is 0 Å². The van der Waals surface area contributed by atoms with E-state index in [9.17, 15) is 30.3 Å². The lowest BCUT2D eigenvalue weighted by Crippen LogP contribution is -2.60. The second-order valence-corrected chi connectivity index (χ2v) is 15.4. The van der Waals surface area contributed by atoms with Crippen LogP contribution >= 0.6 is 0 Å². The van der Waals surface area contributed by atoms with Crippen molar-refractivity contribution >= 4 is 5.91 Å². The van der Waals surface area contributed by atoms with Gasteiger partial charge in [-0.05, 0) is 89.9 Å². The number of aliphatic hydroxyl groups is 5. The first-order chi connectivity index (χ1) is 29.3. The molecule has 0 aromatic carbocycles. The van der Waals surface area contributed by atoms with E-state index in [1.165, 1.54) is 25.7 Å². The molecule has 9 nitrogen and oxygen atoms in total. The maximum absolute atomic E-state index is 12.9. The van der Waals surface area contributed by atoms with Gasteiger partial charge in [0.05, 0.1) is 25.4 Å². The lowest BCUT2D eigenvalue weighted by molar-refractivity contribution is -0.302. The van der Waals surface area contributed by atoms with E-state index in [1.807, 2.05) is 6.08 Å². The number of hydrogen-bond donors (Lipinski definition) is 6. The number of unbranched alkanes of at least 4 members (excludes halogenated alkanes) is 10. The molecule has 0 saturated carbocycles. The van der Waals surface area contributed by atoms with Crippen LogP contribution < -0.4 is 5.32 Å². The molecule has 1 heterocycles. The molecular formula is C51H83NO8. The quantitative estimate of drug-likeness (QED) is 0.0270. The van der Waals surface area contributed by atoms with E-state index in [1.54, 1.807) is 6.08 Å². The largest absolute Gasteiger partial charge is 0.394 e. The van der Waals surface area contributed by atoms with Crippen LogP contribution in [0.1, 0.15) is 149 Å². The molecule has 340 valence electrons. The summed E-state index contributed by atoms with van der Waals surface area (Å²) in [7, 11) is 0. The lowest BCUT2D eigenvalue weighted by Gasteiger charge is -2.40. The van der Waals surface area contributed by atoms with Gasteiger partial charge in [-0.1, -0.05) is 162 Å². The highest BCUT2D eigenvalue weighted by molar-refractivity contribution is 5.76. The predicted octanol–water partition coefficient (Wildman–Crippen LogP) is 9.89. The lowest BCUT2D eigenvalue weighted by atomic mass is 9.99. The van der Waals surface area contributed by atoms with Gasteiger partial charge >= 0.3 is 0 Å². The van der Waals surface area contributed by atoms with E-state index < -0.39 is 49.5 Å². The molecule has 1 aliphatic heterocycles. The maximum Gasteiger partial charge on any atom is 0.220 e. The van der Waals surface area contributed by atoms with Gasteiger partial charge in [0, 0.05) is 6.42 Å². The number of carbonyl (C=O) groups excluding carboxylic acids is 1. The number of nitrogens with one attached hydrogen (secondary N) is 1. The van der Waals surface area contributed by atoms with Gasteiger partial charge in [-0.25, -0.2) is 0 Å². The normalized spacial score (nSPS) is 21.6. The van der Waals surface area contributed by atoms with Crippen molar-refractivity contribution in [3.63, 3.8) is 0 Å². The van der Waals surface area contributed by atoms with Gasteiger partial charge in [0.2, 0.25) is 5.91 Å². The molecule has 0 spiro atoms. The molecule has 0 bridgehead atoms. The van der Waals surface area contributed by atoms with Crippen molar-refractivity contribution in [3.05, 3.63) is 109 Å². The molecule has 1 aliphatic rings. The second-order valence-electron chi connectivity index (χ2n) is 15.4. The average Bonchev–Trinajstić information content (AvgIpc) is 3.25. The summed E-state index contributed by atoms with van der Waals surface area (Å²) in [4.78, 5) is 12.9. The second kappa shape index (κ2) is 40.0. The van der Waals surface area contributed by atoms with Crippen LogP contribution in [0.25, 0.3) is 0 Å². The van der Waals surface area contributed by atoms with Crippen LogP contribution in [0.3, 0.4) is 0 Å². The van der Waals surface area contributed by atoms with Crippen LogP contribution in [0.15, 0.2) is 109 Å². The monoisotopic (exact) mass is 838 g/mol. The number of rotatable bonds is 36. The molecule has 6 N–H and O–H groups in total. The average molecular weight is 838 g/mol. The Morgan fingerprint density at radius 3 is 1.53 bits per heavy atom. The molecule has 60 heavy (non-hydrogen) atoms. The fourth-order valence-corrected chi connectivity index (χ4v) is 6.43. The van der Waals surface area contributed by atoms with Gasteiger partial charge in [-0.3, -0.25) is 4.79 Å². The third-order valence-electron chi connectivity index (χ3n) is 10.1. The summed E-state index contributed by atoms with van der Waals surface area (Å²) in [6.45, 7) is 3.47. The molecule has 9 heteroatoms. The molecule has 1 saturated heterocycles. The van der Waals surface area contributed by atoms with Crippen molar-refractivity contribution in [1.82, 2.24) is 5.32 Å². The first-order valence-electron chi connectivity index (χ1n) is 23.1. The van der Waals surface area contributed by atoms with Crippen molar-refractivity contribution in [3.8, 4) is 0 Å². The summed E-state index contributed by atoms with van der Waals surface area (Å²) >= 11 is 0. The first kappa shape index (κ1) is 54.9. The van der Waals surface area contributed by atoms with Gasteiger partial charge in [-0.15, -0.1) is 0 Å². The van der Waals surface area contributed by atoms with E-state index in [0.29, 0.717) is 6.42 Å². The third-order valence-corrected chi connectivity index (χ3v) is 10.1. The predicted molar refractivity (Wildman–Crippen MR) is 248 cm³/mol. The van der Waals surface area contributed by atoms with Crippen LogP contribution in [0.4, 0.5) is 0 Å². The van der Waals surface area contributed by atoms with Gasteiger partial charge in [-0.2, -0.15) is 0 Å². The molecule has 1 rings (SSSR count). The molecule has 1 amide bonds.